The van der Waals surface area contributed by atoms with E-state index in [-0.39, 0.29) is 5.03 Å². The van der Waals surface area contributed by atoms with Crippen molar-refractivity contribution >= 4 is 15.5 Å². The molecule has 0 saturated carbocycles. The molecule has 2 N–H and O–H groups in total. The number of pyridine rings is 1. The molecule has 0 aromatic carbocycles. The van der Waals surface area contributed by atoms with Gasteiger partial charge in [0, 0.05) is 24.1 Å². The molecule has 7 heteroatoms. The second-order valence-corrected chi connectivity index (χ2v) is 6.39. The average Bonchev–Trinajstić information content (AvgIpc) is 2.66. The van der Waals surface area contributed by atoms with Gasteiger partial charge in [0.05, 0.1) is 17.6 Å². The maximum absolute atomic E-state index is 11.3. The molecule has 0 spiro atoms. The quantitative estimate of drug-likeness (QED) is 0.884. The Morgan fingerprint density at radius 2 is 2.05 bits per heavy atom. The normalized spacial score (nSPS) is 11.5. The Morgan fingerprint density at radius 3 is 2.53 bits per heavy atom. The molecule has 0 amide bonds. The second-order valence-electron chi connectivity index (χ2n) is 4.42. The fourth-order valence-electron chi connectivity index (χ4n) is 1.73. The van der Waals surface area contributed by atoms with Gasteiger partial charge in [0.25, 0.3) is 0 Å². The van der Waals surface area contributed by atoms with Crippen LogP contribution in [0, 0.1) is 13.8 Å². The number of nitrogens with one attached hydrogen (secondary N) is 2. The lowest BCUT2D eigenvalue weighted by Gasteiger charge is -2.06. The Morgan fingerprint density at radius 1 is 1.32 bits per heavy atom. The molecule has 102 valence electrons. The van der Waals surface area contributed by atoms with E-state index in [9.17, 15) is 8.42 Å². The Bertz CT molecular complexity index is 655. The molecule has 2 heterocycles. The maximum atomic E-state index is 11.3. The molecule has 19 heavy (non-hydrogen) atoms. The lowest BCUT2D eigenvalue weighted by Crippen LogP contribution is -2.04. The summed E-state index contributed by atoms with van der Waals surface area (Å²) in [6.07, 6.45) is 2.65. The molecule has 0 bridgehead atoms. The minimum absolute atomic E-state index is 0.0775. The van der Waals surface area contributed by atoms with E-state index in [2.05, 4.69) is 20.5 Å². The van der Waals surface area contributed by atoms with Gasteiger partial charge in [-0.15, -0.1) is 0 Å². The molecule has 0 saturated heterocycles. The Balaban J connectivity index is 2.09. The monoisotopic (exact) mass is 280 g/mol. The summed E-state index contributed by atoms with van der Waals surface area (Å²) >= 11 is 0. The van der Waals surface area contributed by atoms with Crippen LogP contribution in [0.5, 0.6) is 0 Å². The van der Waals surface area contributed by atoms with Crippen LogP contribution in [0.1, 0.15) is 17.0 Å². The van der Waals surface area contributed by atoms with E-state index in [0.717, 1.165) is 28.9 Å². The van der Waals surface area contributed by atoms with Gasteiger partial charge in [-0.05, 0) is 26.0 Å². The van der Waals surface area contributed by atoms with Gasteiger partial charge in [0.15, 0.2) is 14.9 Å². The van der Waals surface area contributed by atoms with E-state index in [0.29, 0.717) is 6.54 Å². The lowest BCUT2D eigenvalue weighted by atomic mass is 10.2. The van der Waals surface area contributed by atoms with Crippen molar-refractivity contribution in [3.8, 4) is 0 Å². The van der Waals surface area contributed by atoms with Crippen LogP contribution < -0.4 is 5.32 Å². The van der Waals surface area contributed by atoms with Crippen LogP contribution in [-0.4, -0.2) is 29.9 Å². The molecule has 0 atom stereocenters. The number of H-pyrrole nitrogens is 1. The minimum Gasteiger partial charge on any atom is -0.380 e. The van der Waals surface area contributed by atoms with Crippen LogP contribution in [0.25, 0.3) is 0 Å². The Kier molecular flexibility index (Phi) is 3.57. The van der Waals surface area contributed by atoms with Crippen LogP contribution in [0.4, 0.5) is 5.69 Å². The predicted molar refractivity (Wildman–Crippen MR) is 72.7 cm³/mol. The zero-order chi connectivity index (χ0) is 14.0. The summed E-state index contributed by atoms with van der Waals surface area (Å²) in [6.45, 7) is 4.52. The summed E-state index contributed by atoms with van der Waals surface area (Å²) in [7, 11) is -3.25. The van der Waals surface area contributed by atoms with E-state index in [1.165, 1.54) is 12.3 Å². The number of anilines is 1. The minimum atomic E-state index is -3.25. The number of aromatic nitrogens is 3. The summed E-state index contributed by atoms with van der Waals surface area (Å²) in [5.41, 5.74) is 3.84. The largest absolute Gasteiger partial charge is 0.380 e. The molecule has 2 aromatic heterocycles. The number of rotatable bonds is 4. The number of hydrogen-bond donors (Lipinski definition) is 2. The molecule has 6 nitrogen and oxygen atoms in total. The van der Waals surface area contributed by atoms with Crippen molar-refractivity contribution in [2.24, 2.45) is 0 Å². The molecular formula is C12H16N4O2S. The summed E-state index contributed by atoms with van der Waals surface area (Å²) in [5, 5.41) is 10.3. The number of nitrogens with zero attached hydrogens (tertiary/aromatic N) is 2. The third-order valence-corrected chi connectivity index (χ3v) is 3.87. The molecule has 2 rings (SSSR count). The van der Waals surface area contributed by atoms with Crippen LogP contribution in [0.15, 0.2) is 23.4 Å². The SMILES string of the molecule is Cc1n[nH]c(C)c1CNc1ccc(S(C)(=O)=O)nc1. The third-order valence-electron chi connectivity index (χ3n) is 2.87. The van der Waals surface area contributed by atoms with Crippen molar-refractivity contribution in [2.45, 2.75) is 25.4 Å². The first-order valence-electron chi connectivity index (χ1n) is 5.78. The summed E-state index contributed by atoms with van der Waals surface area (Å²) in [6, 6.07) is 3.20. The zero-order valence-corrected chi connectivity index (χ0v) is 11.9. The fraction of sp³-hybridized carbons (Fsp3) is 0.333. The van der Waals surface area contributed by atoms with Crippen molar-refractivity contribution in [1.82, 2.24) is 15.2 Å². The van der Waals surface area contributed by atoms with Gasteiger partial charge >= 0.3 is 0 Å². The summed E-state index contributed by atoms with van der Waals surface area (Å²) in [5.74, 6) is 0. The molecule has 0 unspecified atom stereocenters. The average molecular weight is 280 g/mol. The van der Waals surface area contributed by atoms with Gasteiger partial charge in [-0.1, -0.05) is 0 Å². The smallest absolute Gasteiger partial charge is 0.192 e. The van der Waals surface area contributed by atoms with E-state index in [1.54, 1.807) is 6.07 Å². The first-order chi connectivity index (χ1) is 8.88. The highest BCUT2D eigenvalue weighted by Crippen LogP contribution is 2.14. The number of sulfone groups is 1. The van der Waals surface area contributed by atoms with Crippen molar-refractivity contribution in [2.75, 3.05) is 11.6 Å². The first kappa shape index (κ1) is 13.5. The Hall–Kier alpha value is -1.89. The lowest BCUT2D eigenvalue weighted by molar-refractivity contribution is 0.598. The van der Waals surface area contributed by atoms with Gasteiger partial charge in [-0.25, -0.2) is 13.4 Å². The molecule has 0 radical (unpaired) electrons. The van der Waals surface area contributed by atoms with E-state index >= 15 is 0 Å². The van der Waals surface area contributed by atoms with Gasteiger partial charge < -0.3 is 5.32 Å². The zero-order valence-electron chi connectivity index (χ0n) is 11.1. The van der Waals surface area contributed by atoms with Crippen LogP contribution >= 0.6 is 0 Å². The van der Waals surface area contributed by atoms with Crippen molar-refractivity contribution in [3.63, 3.8) is 0 Å². The predicted octanol–water partition coefficient (Wildman–Crippen LogP) is 1.44. The van der Waals surface area contributed by atoms with Crippen molar-refractivity contribution in [1.29, 1.82) is 0 Å². The Labute approximate surface area is 112 Å². The fourth-order valence-corrected chi connectivity index (χ4v) is 2.29. The van der Waals surface area contributed by atoms with Crippen molar-refractivity contribution in [3.05, 3.63) is 35.3 Å². The van der Waals surface area contributed by atoms with E-state index in [1.807, 2.05) is 13.8 Å². The number of aryl methyl sites for hydroxylation is 2. The maximum Gasteiger partial charge on any atom is 0.192 e. The molecule has 2 aromatic rings. The van der Waals surface area contributed by atoms with E-state index < -0.39 is 9.84 Å². The molecule has 0 aliphatic carbocycles. The van der Waals surface area contributed by atoms with Crippen LogP contribution in [0.3, 0.4) is 0 Å². The van der Waals surface area contributed by atoms with E-state index in [4.69, 9.17) is 0 Å². The van der Waals surface area contributed by atoms with Gasteiger partial charge in [-0.2, -0.15) is 5.10 Å². The van der Waals surface area contributed by atoms with Crippen LogP contribution in [-0.2, 0) is 16.4 Å². The van der Waals surface area contributed by atoms with Gasteiger partial charge in [-0.3, -0.25) is 5.10 Å². The third kappa shape index (κ3) is 3.11. The molecule has 0 fully saturated rings. The summed E-state index contributed by atoms with van der Waals surface area (Å²) in [4.78, 5) is 3.92. The van der Waals surface area contributed by atoms with Gasteiger partial charge in [0.1, 0.15) is 0 Å². The first-order valence-corrected chi connectivity index (χ1v) is 7.67. The number of aromatic amines is 1. The number of hydrogen-bond acceptors (Lipinski definition) is 5. The standard InChI is InChI=1S/C12H16N4O2S/c1-8-11(9(2)16-15-8)7-13-10-4-5-12(14-6-10)19(3,17)18/h4-6,13H,7H2,1-3H3,(H,15,16). The molecule has 0 aliphatic rings. The van der Waals surface area contributed by atoms with Gasteiger partial charge in [0.2, 0.25) is 0 Å². The highest BCUT2D eigenvalue weighted by molar-refractivity contribution is 7.90. The van der Waals surface area contributed by atoms with Crippen LogP contribution in [0.2, 0.25) is 0 Å². The highest BCUT2D eigenvalue weighted by atomic mass is 32.2. The molecular weight excluding hydrogens is 264 g/mol. The summed E-state index contributed by atoms with van der Waals surface area (Å²) < 4.78 is 22.6. The topological polar surface area (TPSA) is 87.7 Å². The molecule has 0 aliphatic heterocycles. The second kappa shape index (κ2) is 5.00. The van der Waals surface area contributed by atoms with Crippen molar-refractivity contribution < 1.29 is 8.42 Å². The highest BCUT2D eigenvalue weighted by Gasteiger charge is 2.09.